The van der Waals surface area contributed by atoms with Crippen LogP contribution in [0.15, 0.2) is 54.6 Å². The van der Waals surface area contributed by atoms with Crippen LogP contribution in [0.5, 0.6) is 11.5 Å². The maximum Gasteiger partial charge on any atom is 0.240 e. The molecule has 4 unspecified atom stereocenters. The normalized spacial score (nSPS) is 32.1. The van der Waals surface area contributed by atoms with Gasteiger partial charge in [-0.3, -0.25) is 19.4 Å². The minimum atomic E-state index is -0.606. The van der Waals surface area contributed by atoms with Gasteiger partial charge in [0.05, 0.1) is 17.4 Å². The maximum atomic E-state index is 13.5. The van der Waals surface area contributed by atoms with Gasteiger partial charge in [0, 0.05) is 13.1 Å². The Hall–Kier alpha value is -2.86. The summed E-state index contributed by atoms with van der Waals surface area (Å²) < 4.78 is 12.0. The molecule has 1 aliphatic carbocycles. The SMILES string of the molecule is O=C1C2CC2(c2ccccc2)C(=O)N1C1CCCN(CC2COc3ccccc3O2)C1. The molecule has 6 rings (SSSR count). The van der Waals surface area contributed by atoms with E-state index in [0.29, 0.717) is 19.6 Å². The lowest BCUT2D eigenvalue weighted by Gasteiger charge is -2.39. The van der Waals surface area contributed by atoms with E-state index in [9.17, 15) is 9.59 Å². The van der Waals surface area contributed by atoms with Crippen LogP contribution >= 0.6 is 0 Å². The molecule has 2 aromatic carbocycles. The summed E-state index contributed by atoms with van der Waals surface area (Å²) in [6.07, 6.45) is 2.45. The van der Waals surface area contributed by atoms with Crippen molar-refractivity contribution in [3.05, 3.63) is 60.2 Å². The van der Waals surface area contributed by atoms with Crippen molar-refractivity contribution in [1.82, 2.24) is 9.80 Å². The van der Waals surface area contributed by atoms with E-state index >= 15 is 0 Å². The molecular formula is C25H26N2O4. The number of hydrogen-bond donors (Lipinski definition) is 0. The highest BCUT2D eigenvalue weighted by atomic mass is 16.6. The summed E-state index contributed by atoms with van der Waals surface area (Å²) in [4.78, 5) is 30.5. The Labute approximate surface area is 181 Å². The number of likely N-dealkylation sites (tertiary alicyclic amines) is 2. The van der Waals surface area contributed by atoms with Gasteiger partial charge in [-0.15, -0.1) is 0 Å². The van der Waals surface area contributed by atoms with Gasteiger partial charge in [-0.05, 0) is 43.5 Å². The summed E-state index contributed by atoms with van der Waals surface area (Å²) in [5.74, 6) is 1.42. The highest BCUT2D eigenvalue weighted by Gasteiger charge is 2.73. The van der Waals surface area contributed by atoms with Crippen molar-refractivity contribution in [2.75, 3.05) is 26.2 Å². The smallest absolute Gasteiger partial charge is 0.240 e. The molecule has 31 heavy (non-hydrogen) atoms. The average Bonchev–Trinajstić information content (AvgIpc) is 3.53. The fraction of sp³-hybridized carbons (Fsp3) is 0.440. The molecule has 3 heterocycles. The molecular weight excluding hydrogens is 392 g/mol. The van der Waals surface area contributed by atoms with E-state index in [1.807, 2.05) is 54.6 Å². The van der Waals surface area contributed by atoms with Gasteiger partial charge in [0.25, 0.3) is 0 Å². The number of carbonyl (C=O) groups excluding carboxylic acids is 2. The van der Waals surface area contributed by atoms with E-state index in [1.165, 1.54) is 0 Å². The predicted molar refractivity (Wildman–Crippen MR) is 114 cm³/mol. The summed E-state index contributed by atoms with van der Waals surface area (Å²) in [6.45, 7) is 2.89. The van der Waals surface area contributed by atoms with Gasteiger partial charge in [0.15, 0.2) is 11.5 Å². The molecule has 6 nitrogen and oxygen atoms in total. The summed E-state index contributed by atoms with van der Waals surface area (Å²) in [6, 6.07) is 17.5. The van der Waals surface area contributed by atoms with Crippen molar-refractivity contribution in [3.8, 4) is 11.5 Å². The van der Waals surface area contributed by atoms with Crippen LogP contribution in [0.3, 0.4) is 0 Å². The molecule has 0 radical (unpaired) electrons. The van der Waals surface area contributed by atoms with Gasteiger partial charge in [-0.2, -0.15) is 0 Å². The van der Waals surface area contributed by atoms with E-state index in [1.54, 1.807) is 4.90 Å². The van der Waals surface area contributed by atoms with Gasteiger partial charge >= 0.3 is 0 Å². The first-order chi connectivity index (χ1) is 15.2. The summed E-state index contributed by atoms with van der Waals surface area (Å²) >= 11 is 0. The molecule has 3 fully saturated rings. The van der Waals surface area contributed by atoms with Crippen LogP contribution in [0, 0.1) is 5.92 Å². The van der Waals surface area contributed by atoms with E-state index in [4.69, 9.17) is 9.47 Å². The van der Waals surface area contributed by atoms with E-state index in [-0.39, 0.29) is 29.9 Å². The first-order valence-electron chi connectivity index (χ1n) is 11.2. The summed E-state index contributed by atoms with van der Waals surface area (Å²) in [5, 5.41) is 0. The Kier molecular flexibility index (Phi) is 4.32. The molecule has 0 bridgehead atoms. The van der Waals surface area contributed by atoms with Gasteiger partial charge in [0.2, 0.25) is 11.8 Å². The molecule has 160 valence electrons. The maximum absolute atomic E-state index is 13.5. The van der Waals surface area contributed by atoms with Crippen LogP contribution < -0.4 is 9.47 Å². The van der Waals surface area contributed by atoms with Gasteiger partial charge in [-0.1, -0.05) is 42.5 Å². The van der Waals surface area contributed by atoms with E-state index in [2.05, 4.69) is 4.90 Å². The lowest BCUT2D eigenvalue weighted by Crippen LogP contribution is -2.54. The molecule has 0 N–H and O–H groups in total. The number of imide groups is 1. The second-order valence-corrected chi connectivity index (χ2v) is 9.16. The van der Waals surface area contributed by atoms with Crippen molar-refractivity contribution in [1.29, 1.82) is 0 Å². The third kappa shape index (κ3) is 2.96. The number of hydrogen-bond acceptors (Lipinski definition) is 5. The van der Waals surface area contributed by atoms with Gasteiger partial charge < -0.3 is 9.47 Å². The molecule has 1 saturated carbocycles. The number of fused-ring (bicyclic) bond motifs is 2. The number of rotatable bonds is 4. The third-order valence-electron chi connectivity index (χ3n) is 7.26. The Morgan fingerprint density at radius 3 is 2.61 bits per heavy atom. The molecule has 0 aromatic heterocycles. The number of amides is 2. The van der Waals surface area contributed by atoms with E-state index < -0.39 is 5.41 Å². The van der Waals surface area contributed by atoms with Gasteiger partial charge in [-0.25, -0.2) is 0 Å². The predicted octanol–water partition coefficient (Wildman–Crippen LogP) is 2.62. The topological polar surface area (TPSA) is 59.1 Å². The third-order valence-corrected chi connectivity index (χ3v) is 7.26. The number of ether oxygens (including phenoxy) is 2. The van der Waals surface area contributed by atoms with Crippen LogP contribution in [0.25, 0.3) is 0 Å². The second kappa shape index (κ2) is 7.09. The lowest BCUT2D eigenvalue weighted by atomic mass is 9.93. The highest BCUT2D eigenvalue weighted by molar-refractivity contribution is 6.15. The largest absolute Gasteiger partial charge is 0.486 e. The summed E-state index contributed by atoms with van der Waals surface area (Å²) in [7, 11) is 0. The van der Waals surface area contributed by atoms with Crippen molar-refractivity contribution in [3.63, 3.8) is 0 Å². The standard InChI is InChI=1S/C25H26N2O4/c28-23-20-13-25(20,17-7-2-1-3-8-17)24(29)27(23)18-9-6-12-26(14-18)15-19-16-30-21-10-4-5-11-22(21)31-19/h1-5,7-8,10-11,18-20H,6,9,12-16H2. The zero-order valence-corrected chi connectivity index (χ0v) is 17.4. The minimum absolute atomic E-state index is 0.00623. The number of nitrogens with zero attached hydrogens (tertiary/aromatic N) is 2. The molecule has 3 aliphatic heterocycles. The molecule has 0 spiro atoms. The van der Waals surface area contributed by atoms with Crippen molar-refractivity contribution in [2.45, 2.75) is 36.8 Å². The Balaban J connectivity index is 1.15. The van der Waals surface area contributed by atoms with Crippen LogP contribution in [0.1, 0.15) is 24.8 Å². The number of piperidine rings is 2. The number of carbonyl (C=O) groups is 2. The first-order valence-corrected chi connectivity index (χ1v) is 11.2. The van der Waals surface area contributed by atoms with Crippen molar-refractivity contribution < 1.29 is 19.1 Å². The zero-order valence-electron chi connectivity index (χ0n) is 17.4. The van der Waals surface area contributed by atoms with Gasteiger partial charge in [0.1, 0.15) is 12.7 Å². The lowest BCUT2D eigenvalue weighted by molar-refractivity contribution is -0.146. The molecule has 6 heteroatoms. The first kappa shape index (κ1) is 18.9. The quantitative estimate of drug-likeness (QED) is 0.715. The average molecular weight is 418 g/mol. The fourth-order valence-corrected chi connectivity index (χ4v) is 5.65. The fourth-order valence-electron chi connectivity index (χ4n) is 5.65. The molecule has 4 atom stereocenters. The van der Waals surface area contributed by atoms with Crippen LogP contribution in [0.2, 0.25) is 0 Å². The Morgan fingerprint density at radius 2 is 1.77 bits per heavy atom. The molecule has 2 aromatic rings. The second-order valence-electron chi connectivity index (χ2n) is 9.16. The zero-order chi connectivity index (χ0) is 21.0. The monoisotopic (exact) mass is 418 g/mol. The van der Waals surface area contributed by atoms with Crippen LogP contribution in [-0.2, 0) is 15.0 Å². The van der Waals surface area contributed by atoms with Crippen molar-refractivity contribution in [2.24, 2.45) is 5.92 Å². The Bertz CT molecular complexity index is 1030. The minimum Gasteiger partial charge on any atom is -0.486 e. The summed E-state index contributed by atoms with van der Waals surface area (Å²) in [5.41, 5.74) is 0.380. The van der Waals surface area contributed by atoms with E-state index in [0.717, 1.165) is 43.0 Å². The van der Waals surface area contributed by atoms with Crippen molar-refractivity contribution >= 4 is 11.8 Å². The highest BCUT2D eigenvalue weighted by Crippen LogP contribution is 2.61. The molecule has 2 amide bonds. The van der Waals surface area contributed by atoms with Crippen LogP contribution in [-0.4, -0.2) is 60.0 Å². The number of benzene rings is 2. The molecule has 4 aliphatic rings. The van der Waals surface area contributed by atoms with Crippen LogP contribution in [0.4, 0.5) is 0 Å². The Morgan fingerprint density at radius 1 is 1.00 bits per heavy atom. The number of para-hydroxylation sites is 2. The molecule has 2 saturated heterocycles.